The zero-order valence-corrected chi connectivity index (χ0v) is 17.5. The first-order valence-corrected chi connectivity index (χ1v) is 10.1. The van der Waals surface area contributed by atoms with Crippen LogP contribution in [0, 0.1) is 0 Å². The predicted octanol–water partition coefficient (Wildman–Crippen LogP) is 3.05. The van der Waals surface area contributed by atoms with E-state index in [4.69, 9.17) is 9.47 Å². The van der Waals surface area contributed by atoms with Gasteiger partial charge in [0.2, 0.25) is 0 Å². The molecular weight excluding hydrogens is 408 g/mol. The molecule has 1 heterocycles. The summed E-state index contributed by atoms with van der Waals surface area (Å²) in [5.41, 5.74) is 6.19. The molecule has 2 amide bonds. The number of benzene rings is 3. The fourth-order valence-corrected chi connectivity index (χ4v) is 3.55. The molecule has 1 atom stereocenters. The van der Waals surface area contributed by atoms with E-state index in [-0.39, 0.29) is 13.0 Å². The standard InChI is InChI=1S/C25H22N2O5/c1-25(15-18-11-5-6-13-20(18)23(29)32-25)24(30)27-26-22(28)16-31-21-14-8-7-12-19(21)17-9-3-2-4-10-17/h2-14H,15-16H2,1H3,(H,26,28)(H,27,30). The number of esters is 1. The molecule has 2 N–H and O–H groups in total. The second-order valence-electron chi connectivity index (χ2n) is 7.61. The molecule has 0 saturated carbocycles. The number of carbonyl (C=O) groups excluding carboxylic acids is 3. The number of rotatable bonds is 5. The molecule has 0 spiro atoms. The average Bonchev–Trinajstić information content (AvgIpc) is 2.82. The maximum absolute atomic E-state index is 12.6. The first-order chi connectivity index (χ1) is 15.5. The third-order valence-electron chi connectivity index (χ3n) is 5.21. The molecule has 3 aromatic carbocycles. The Morgan fingerprint density at radius 3 is 2.34 bits per heavy atom. The molecule has 3 aromatic rings. The van der Waals surface area contributed by atoms with E-state index in [1.807, 2.05) is 48.5 Å². The Bertz CT molecular complexity index is 1160. The highest BCUT2D eigenvalue weighted by atomic mass is 16.6. The summed E-state index contributed by atoms with van der Waals surface area (Å²) in [6.07, 6.45) is 0.206. The lowest BCUT2D eigenvalue weighted by molar-refractivity contribution is -0.143. The maximum Gasteiger partial charge on any atom is 0.339 e. The SMILES string of the molecule is CC1(C(=O)NNC(=O)COc2ccccc2-c2ccccc2)Cc2ccccc2C(=O)O1. The van der Waals surface area contributed by atoms with Crippen molar-refractivity contribution >= 4 is 17.8 Å². The van der Waals surface area contributed by atoms with Crippen molar-refractivity contribution in [2.45, 2.75) is 18.9 Å². The van der Waals surface area contributed by atoms with Gasteiger partial charge in [-0.15, -0.1) is 0 Å². The second-order valence-corrected chi connectivity index (χ2v) is 7.61. The number of nitrogens with one attached hydrogen (secondary N) is 2. The van der Waals surface area contributed by atoms with Crippen LogP contribution in [-0.4, -0.2) is 30.0 Å². The van der Waals surface area contributed by atoms with E-state index in [0.29, 0.717) is 16.9 Å². The average molecular weight is 430 g/mol. The Morgan fingerprint density at radius 2 is 1.56 bits per heavy atom. The van der Waals surface area contributed by atoms with Gasteiger partial charge in [-0.25, -0.2) is 4.79 Å². The molecule has 0 aromatic heterocycles. The molecule has 7 nitrogen and oxygen atoms in total. The van der Waals surface area contributed by atoms with Gasteiger partial charge in [-0.3, -0.25) is 20.4 Å². The number of carbonyl (C=O) groups is 3. The normalized spacial score (nSPS) is 17.0. The van der Waals surface area contributed by atoms with E-state index in [0.717, 1.165) is 11.1 Å². The lowest BCUT2D eigenvalue weighted by Crippen LogP contribution is -2.56. The lowest BCUT2D eigenvalue weighted by atomic mass is 9.89. The molecule has 1 aliphatic heterocycles. The van der Waals surface area contributed by atoms with E-state index in [2.05, 4.69) is 10.9 Å². The quantitative estimate of drug-likeness (QED) is 0.479. The lowest BCUT2D eigenvalue weighted by Gasteiger charge is -2.32. The fraction of sp³-hybridized carbons (Fsp3) is 0.160. The van der Waals surface area contributed by atoms with Crippen LogP contribution in [0.5, 0.6) is 5.75 Å². The number of amides is 2. The molecule has 0 fully saturated rings. The Morgan fingerprint density at radius 1 is 0.906 bits per heavy atom. The molecular formula is C25H22N2O5. The van der Waals surface area contributed by atoms with Crippen LogP contribution < -0.4 is 15.6 Å². The minimum absolute atomic E-state index is 0.206. The summed E-state index contributed by atoms with van der Waals surface area (Å²) in [7, 11) is 0. The third-order valence-corrected chi connectivity index (χ3v) is 5.21. The van der Waals surface area contributed by atoms with Crippen LogP contribution >= 0.6 is 0 Å². The number of cyclic esters (lactones) is 1. The zero-order valence-electron chi connectivity index (χ0n) is 17.5. The van der Waals surface area contributed by atoms with Gasteiger partial charge < -0.3 is 9.47 Å². The van der Waals surface area contributed by atoms with Crippen molar-refractivity contribution in [3.8, 4) is 16.9 Å². The Balaban J connectivity index is 1.34. The first-order valence-electron chi connectivity index (χ1n) is 10.1. The minimum atomic E-state index is -1.43. The van der Waals surface area contributed by atoms with Crippen LogP contribution in [-0.2, 0) is 20.7 Å². The zero-order chi connectivity index (χ0) is 22.6. The molecule has 162 valence electrons. The van der Waals surface area contributed by atoms with Crippen molar-refractivity contribution in [1.29, 1.82) is 0 Å². The van der Waals surface area contributed by atoms with Crippen molar-refractivity contribution in [1.82, 2.24) is 10.9 Å². The smallest absolute Gasteiger partial charge is 0.339 e. The highest BCUT2D eigenvalue weighted by molar-refractivity contribution is 5.98. The van der Waals surface area contributed by atoms with Gasteiger partial charge in [-0.1, -0.05) is 66.7 Å². The van der Waals surface area contributed by atoms with Crippen molar-refractivity contribution in [2.24, 2.45) is 0 Å². The fourth-order valence-electron chi connectivity index (χ4n) is 3.55. The summed E-state index contributed by atoms with van der Waals surface area (Å²) < 4.78 is 11.0. The first kappa shape index (κ1) is 21.1. The van der Waals surface area contributed by atoms with Gasteiger partial charge in [-0.2, -0.15) is 0 Å². The molecule has 32 heavy (non-hydrogen) atoms. The van der Waals surface area contributed by atoms with Gasteiger partial charge in [-0.05, 0) is 30.2 Å². The van der Waals surface area contributed by atoms with Gasteiger partial charge in [0, 0.05) is 12.0 Å². The van der Waals surface area contributed by atoms with Gasteiger partial charge in [0.1, 0.15) is 5.75 Å². The number of hydrazine groups is 1. The molecule has 0 saturated heterocycles. The summed E-state index contributed by atoms with van der Waals surface area (Å²) in [6, 6.07) is 24.0. The summed E-state index contributed by atoms with van der Waals surface area (Å²) in [5.74, 6) is -1.20. The molecule has 0 aliphatic carbocycles. The molecule has 0 radical (unpaired) electrons. The highest BCUT2D eigenvalue weighted by Crippen LogP contribution is 2.30. The van der Waals surface area contributed by atoms with Crippen molar-refractivity contribution in [3.05, 3.63) is 90.0 Å². The molecule has 7 heteroatoms. The number of hydrogen-bond acceptors (Lipinski definition) is 5. The van der Waals surface area contributed by atoms with Gasteiger partial charge in [0.05, 0.1) is 5.56 Å². The second kappa shape index (κ2) is 8.93. The maximum atomic E-state index is 12.6. The minimum Gasteiger partial charge on any atom is -0.483 e. The van der Waals surface area contributed by atoms with Crippen LogP contribution in [0.2, 0.25) is 0 Å². The largest absolute Gasteiger partial charge is 0.483 e. The van der Waals surface area contributed by atoms with Crippen molar-refractivity contribution in [3.63, 3.8) is 0 Å². The van der Waals surface area contributed by atoms with Crippen LogP contribution in [0.3, 0.4) is 0 Å². The molecule has 1 unspecified atom stereocenters. The van der Waals surface area contributed by atoms with Gasteiger partial charge >= 0.3 is 5.97 Å². The van der Waals surface area contributed by atoms with E-state index in [9.17, 15) is 14.4 Å². The third kappa shape index (κ3) is 4.46. The van der Waals surface area contributed by atoms with Crippen LogP contribution in [0.4, 0.5) is 0 Å². The molecule has 1 aliphatic rings. The van der Waals surface area contributed by atoms with E-state index in [1.165, 1.54) is 6.92 Å². The topological polar surface area (TPSA) is 93.7 Å². The molecule has 0 bridgehead atoms. The van der Waals surface area contributed by atoms with E-state index >= 15 is 0 Å². The van der Waals surface area contributed by atoms with Gasteiger partial charge in [0.15, 0.2) is 12.2 Å². The Labute approximate surface area is 185 Å². The van der Waals surface area contributed by atoms with E-state index in [1.54, 1.807) is 30.3 Å². The number of ether oxygens (including phenoxy) is 2. The predicted molar refractivity (Wildman–Crippen MR) is 118 cm³/mol. The summed E-state index contributed by atoms with van der Waals surface area (Å²) in [4.78, 5) is 37.2. The monoisotopic (exact) mass is 430 g/mol. The number of hydrogen-bond donors (Lipinski definition) is 2. The Hall–Kier alpha value is -4.13. The van der Waals surface area contributed by atoms with Crippen LogP contribution in [0.1, 0.15) is 22.8 Å². The van der Waals surface area contributed by atoms with Crippen LogP contribution in [0.15, 0.2) is 78.9 Å². The number of fused-ring (bicyclic) bond motifs is 1. The summed E-state index contributed by atoms with van der Waals surface area (Å²) >= 11 is 0. The van der Waals surface area contributed by atoms with Crippen LogP contribution in [0.25, 0.3) is 11.1 Å². The summed E-state index contributed by atoms with van der Waals surface area (Å²) in [5, 5.41) is 0. The summed E-state index contributed by atoms with van der Waals surface area (Å²) in [6.45, 7) is 1.21. The molecule has 4 rings (SSSR count). The highest BCUT2D eigenvalue weighted by Gasteiger charge is 2.42. The van der Waals surface area contributed by atoms with E-state index < -0.39 is 23.4 Å². The van der Waals surface area contributed by atoms with Crippen molar-refractivity contribution in [2.75, 3.05) is 6.61 Å². The number of para-hydroxylation sites is 1. The van der Waals surface area contributed by atoms with Gasteiger partial charge in [0.25, 0.3) is 11.8 Å². The van der Waals surface area contributed by atoms with Crippen molar-refractivity contribution < 1.29 is 23.9 Å². The Kier molecular flexibility index (Phi) is 5.89.